The van der Waals surface area contributed by atoms with Crippen molar-refractivity contribution in [2.75, 3.05) is 5.73 Å². The fourth-order valence-corrected chi connectivity index (χ4v) is 1.71. The molecule has 0 fully saturated rings. The lowest BCUT2D eigenvalue weighted by molar-refractivity contribution is 1.42. The van der Waals surface area contributed by atoms with Crippen LogP contribution in [0.5, 0.6) is 0 Å². The minimum Gasteiger partial charge on any atom is -0.398 e. The van der Waals surface area contributed by atoms with Crippen molar-refractivity contribution in [2.24, 2.45) is 0 Å². The van der Waals surface area contributed by atoms with Gasteiger partial charge in [0, 0.05) is 14.6 Å². The number of hydrogen-bond acceptors (Lipinski definition) is 1. The summed E-state index contributed by atoms with van der Waals surface area (Å²) in [5, 5.41) is 0.829. The summed E-state index contributed by atoms with van der Waals surface area (Å²) in [4.78, 5) is 0. The van der Waals surface area contributed by atoms with Crippen molar-refractivity contribution >= 4 is 44.2 Å². The van der Waals surface area contributed by atoms with Crippen molar-refractivity contribution < 1.29 is 0 Å². The lowest BCUT2D eigenvalue weighted by atomic mass is 10.2. The summed E-state index contributed by atoms with van der Waals surface area (Å²) in [5.74, 6) is 0. The highest BCUT2D eigenvalue weighted by molar-refractivity contribution is 14.1. The van der Waals surface area contributed by atoms with E-state index in [0.29, 0.717) is 0 Å². The first-order chi connectivity index (χ1) is 4.74. The average molecular weight is 312 g/mol. The molecule has 0 unspecified atom stereocenters. The number of rotatable bonds is 1. The molecule has 1 aromatic carbocycles. The number of anilines is 1. The van der Waals surface area contributed by atoms with E-state index in [-0.39, 0.29) is 0 Å². The van der Waals surface area contributed by atoms with Crippen LogP contribution in [0.25, 0.3) is 0 Å². The van der Waals surface area contributed by atoms with E-state index in [1.807, 2.05) is 18.2 Å². The van der Waals surface area contributed by atoms with E-state index in [0.717, 1.165) is 16.6 Å². The van der Waals surface area contributed by atoms with Gasteiger partial charge in [0.2, 0.25) is 0 Å². The van der Waals surface area contributed by atoms with Gasteiger partial charge in [0.05, 0.1) is 0 Å². The fourth-order valence-electron chi connectivity index (χ4n) is 0.687. The first-order valence-electron chi connectivity index (χ1n) is 2.84. The van der Waals surface area contributed by atoms with Crippen molar-refractivity contribution in [1.82, 2.24) is 0 Å². The Hall–Kier alpha value is 0.230. The van der Waals surface area contributed by atoms with Crippen molar-refractivity contribution in [1.29, 1.82) is 0 Å². The van der Waals surface area contributed by atoms with E-state index in [1.165, 1.54) is 3.57 Å². The molecule has 0 aliphatic heterocycles. The van der Waals surface area contributed by atoms with Crippen molar-refractivity contribution in [2.45, 2.75) is 5.33 Å². The van der Waals surface area contributed by atoms with E-state index in [2.05, 4.69) is 38.5 Å². The maximum absolute atomic E-state index is 5.70. The lowest BCUT2D eigenvalue weighted by Crippen LogP contribution is -1.91. The molecular formula is C7H7BrIN. The second-order valence-electron chi connectivity index (χ2n) is 1.98. The number of nitrogens with two attached hydrogens (primary N) is 1. The SMILES string of the molecule is Nc1cc(I)ccc1CBr. The van der Waals surface area contributed by atoms with Gasteiger partial charge in [-0.15, -0.1) is 0 Å². The summed E-state index contributed by atoms with van der Waals surface area (Å²) in [5.41, 5.74) is 7.71. The Kier molecular flexibility index (Phi) is 2.97. The highest BCUT2D eigenvalue weighted by atomic mass is 127. The molecule has 3 heteroatoms. The lowest BCUT2D eigenvalue weighted by Gasteiger charge is -2.00. The molecule has 10 heavy (non-hydrogen) atoms. The van der Waals surface area contributed by atoms with Gasteiger partial charge in [-0.3, -0.25) is 0 Å². The molecule has 0 aliphatic rings. The van der Waals surface area contributed by atoms with Gasteiger partial charge in [0.15, 0.2) is 0 Å². The third-order valence-corrected chi connectivity index (χ3v) is 2.53. The van der Waals surface area contributed by atoms with Crippen LogP contribution in [0.15, 0.2) is 18.2 Å². The zero-order valence-electron chi connectivity index (χ0n) is 5.27. The summed E-state index contributed by atoms with van der Waals surface area (Å²) < 4.78 is 1.18. The fraction of sp³-hybridized carbons (Fsp3) is 0.143. The van der Waals surface area contributed by atoms with Gasteiger partial charge in [0.1, 0.15) is 0 Å². The van der Waals surface area contributed by atoms with Crippen LogP contribution >= 0.6 is 38.5 Å². The summed E-state index contributed by atoms with van der Waals surface area (Å²) in [6, 6.07) is 6.05. The largest absolute Gasteiger partial charge is 0.398 e. The number of alkyl halides is 1. The summed E-state index contributed by atoms with van der Waals surface area (Å²) in [7, 11) is 0. The van der Waals surface area contributed by atoms with Gasteiger partial charge in [-0.05, 0) is 40.3 Å². The zero-order chi connectivity index (χ0) is 7.56. The van der Waals surface area contributed by atoms with Crippen LogP contribution in [-0.4, -0.2) is 0 Å². The minimum absolute atomic E-state index is 0.829. The van der Waals surface area contributed by atoms with Gasteiger partial charge in [-0.25, -0.2) is 0 Å². The maximum Gasteiger partial charge on any atom is 0.0365 e. The Bertz CT molecular complexity index is 237. The smallest absolute Gasteiger partial charge is 0.0365 e. The van der Waals surface area contributed by atoms with E-state index in [4.69, 9.17) is 5.73 Å². The highest BCUT2D eigenvalue weighted by Crippen LogP contribution is 2.17. The molecule has 1 nitrogen and oxygen atoms in total. The Morgan fingerprint density at radius 3 is 2.70 bits per heavy atom. The monoisotopic (exact) mass is 311 g/mol. The van der Waals surface area contributed by atoms with Gasteiger partial charge in [-0.1, -0.05) is 22.0 Å². The molecular weight excluding hydrogens is 305 g/mol. The first kappa shape index (κ1) is 8.33. The van der Waals surface area contributed by atoms with Crippen LogP contribution in [0.4, 0.5) is 5.69 Å². The Morgan fingerprint density at radius 2 is 2.20 bits per heavy atom. The Labute approximate surface area is 82.3 Å². The molecule has 54 valence electrons. The molecule has 0 aliphatic carbocycles. The van der Waals surface area contributed by atoms with E-state index >= 15 is 0 Å². The topological polar surface area (TPSA) is 26.0 Å². The molecule has 0 atom stereocenters. The number of halogens is 2. The van der Waals surface area contributed by atoms with Crippen LogP contribution in [0.1, 0.15) is 5.56 Å². The second kappa shape index (κ2) is 3.57. The number of hydrogen-bond donors (Lipinski definition) is 1. The first-order valence-corrected chi connectivity index (χ1v) is 5.04. The quantitative estimate of drug-likeness (QED) is 0.482. The number of benzene rings is 1. The van der Waals surface area contributed by atoms with Crippen LogP contribution < -0.4 is 5.73 Å². The van der Waals surface area contributed by atoms with Crippen LogP contribution in [0.2, 0.25) is 0 Å². The molecule has 2 N–H and O–H groups in total. The third-order valence-electron chi connectivity index (χ3n) is 1.25. The van der Waals surface area contributed by atoms with E-state index < -0.39 is 0 Å². The standard InChI is InChI=1S/C7H7BrIN/c8-4-5-1-2-6(9)3-7(5)10/h1-3H,4,10H2. The van der Waals surface area contributed by atoms with Gasteiger partial charge < -0.3 is 5.73 Å². The van der Waals surface area contributed by atoms with Crippen LogP contribution in [0.3, 0.4) is 0 Å². The van der Waals surface area contributed by atoms with Crippen molar-refractivity contribution in [3.05, 3.63) is 27.3 Å². The molecule has 0 saturated carbocycles. The molecule has 0 heterocycles. The summed E-state index contributed by atoms with van der Waals surface area (Å²) >= 11 is 5.59. The predicted octanol–water partition coefficient (Wildman–Crippen LogP) is 2.77. The molecule has 0 saturated heterocycles. The Balaban J connectivity index is 3.07. The van der Waals surface area contributed by atoms with E-state index in [9.17, 15) is 0 Å². The minimum atomic E-state index is 0.829. The summed E-state index contributed by atoms with van der Waals surface area (Å²) in [6.07, 6.45) is 0. The molecule has 1 aromatic rings. The van der Waals surface area contributed by atoms with Crippen LogP contribution in [-0.2, 0) is 5.33 Å². The Morgan fingerprint density at radius 1 is 1.50 bits per heavy atom. The van der Waals surface area contributed by atoms with Crippen molar-refractivity contribution in [3.63, 3.8) is 0 Å². The van der Waals surface area contributed by atoms with E-state index in [1.54, 1.807) is 0 Å². The van der Waals surface area contributed by atoms with Crippen molar-refractivity contribution in [3.8, 4) is 0 Å². The van der Waals surface area contributed by atoms with Gasteiger partial charge in [0.25, 0.3) is 0 Å². The molecule has 0 spiro atoms. The summed E-state index contributed by atoms with van der Waals surface area (Å²) in [6.45, 7) is 0. The molecule has 0 aromatic heterocycles. The number of nitrogen functional groups attached to an aromatic ring is 1. The second-order valence-corrected chi connectivity index (χ2v) is 3.78. The zero-order valence-corrected chi connectivity index (χ0v) is 9.02. The van der Waals surface area contributed by atoms with Gasteiger partial charge in [-0.2, -0.15) is 0 Å². The normalized spacial score (nSPS) is 9.80. The molecule has 0 radical (unpaired) electrons. The molecule has 0 bridgehead atoms. The maximum atomic E-state index is 5.70. The average Bonchev–Trinajstić information content (AvgIpc) is 1.88. The third kappa shape index (κ3) is 1.85. The molecule has 0 amide bonds. The van der Waals surface area contributed by atoms with Gasteiger partial charge >= 0.3 is 0 Å². The molecule has 1 rings (SSSR count). The highest BCUT2D eigenvalue weighted by Gasteiger charge is 1.95. The van der Waals surface area contributed by atoms with Crippen LogP contribution in [0, 0.1) is 3.57 Å². The predicted molar refractivity (Wildman–Crippen MR) is 56.2 cm³/mol.